The lowest BCUT2D eigenvalue weighted by Gasteiger charge is -2.09. The summed E-state index contributed by atoms with van der Waals surface area (Å²) >= 11 is 0. The quantitative estimate of drug-likeness (QED) is 0.542. The largest absolute Gasteiger partial charge is 0.275 e. The zero-order valence-electron chi connectivity index (χ0n) is 12.5. The minimum Gasteiger partial charge on any atom is -0.267 e. The van der Waals surface area contributed by atoms with Crippen molar-refractivity contribution in [1.29, 1.82) is 5.26 Å². The first-order valence-electron chi connectivity index (χ1n) is 7.19. The fourth-order valence-electron chi connectivity index (χ4n) is 2.54. The highest BCUT2D eigenvalue weighted by atomic mass is 16.6. The summed E-state index contributed by atoms with van der Waals surface area (Å²) < 4.78 is 1.14. The average molecular weight is 320 g/mol. The second-order valence-electron chi connectivity index (χ2n) is 5.21. The zero-order chi connectivity index (χ0) is 17.1. The van der Waals surface area contributed by atoms with Crippen LogP contribution in [-0.2, 0) is 13.0 Å². The monoisotopic (exact) mass is 320 g/mol. The van der Waals surface area contributed by atoms with Crippen molar-refractivity contribution in [1.82, 2.24) is 9.78 Å². The van der Waals surface area contributed by atoms with Gasteiger partial charge in [0.25, 0.3) is 11.2 Å². The van der Waals surface area contributed by atoms with Gasteiger partial charge in [-0.25, -0.2) is 4.68 Å². The van der Waals surface area contributed by atoms with Gasteiger partial charge in [0.1, 0.15) is 6.54 Å². The normalized spacial score (nSPS) is 10.5. The van der Waals surface area contributed by atoms with Crippen LogP contribution < -0.4 is 5.56 Å². The Labute approximate surface area is 136 Å². The first kappa shape index (κ1) is 15.4. The van der Waals surface area contributed by atoms with E-state index in [0.717, 1.165) is 15.6 Å². The van der Waals surface area contributed by atoms with Gasteiger partial charge in [-0.3, -0.25) is 14.9 Å². The van der Waals surface area contributed by atoms with Crippen LogP contribution in [-0.4, -0.2) is 14.7 Å². The molecule has 0 amide bonds. The van der Waals surface area contributed by atoms with E-state index in [1.165, 1.54) is 12.1 Å². The SMILES string of the molecule is N#CCn1nc(Cc2ccc([N+](=O)[O-])cc2)c2ccccc2c1=O. The maximum absolute atomic E-state index is 12.3. The molecule has 118 valence electrons. The molecule has 0 N–H and O–H groups in total. The van der Waals surface area contributed by atoms with Crippen LogP contribution in [0.25, 0.3) is 10.8 Å². The van der Waals surface area contributed by atoms with E-state index < -0.39 is 4.92 Å². The molecule has 0 aliphatic carbocycles. The molecule has 1 heterocycles. The summed E-state index contributed by atoms with van der Waals surface area (Å²) in [5, 5.41) is 25.1. The molecule has 0 saturated heterocycles. The van der Waals surface area contributed by atoms with E-state index in [4.69, 9.17) is 5.26 Å². The van der Waals surface area contributed by atoms with Gasteiger partial charge in [-0.1, -0.05) is 30.3 Å². The second-order valence-corrected chi connectivity index (χ2v) is 5.21. The standard InChI is InChI=1S/C17H12N4O3/c18-9-10-20-17(22)15-4-2-1-3-14(15)16(19-20)11-12-5-7-13(8-6-12)21(23)24/h1-8H,10-11H2. The minimum atomic E-state index is -0.454. The Morgan fingerprint density at radius 3 is 2.42 bits per heavy atom. The molecule has 0 bridgehead atoms. The Morgan fingerprint density at radius 1 is 1.12 bits per heavy atom. The summed E-state index contributed by atoms with van der Waals surface area (Å²) in [6, 6.07) is 15.2. The van der Waals surface area contributed by atoms with E-state index in [2.05, 4.69) is 5.10 Å². The third-order valence-corrected chi connectivity index (χ3v) is 3.68. The molecule has 7 nitrogen and oxygen atoms in total. The highest BCUT2D eigenvalue weighted by Gasteiger charge is 2.11. The first-order chi connectivity index (χ1) is 11.6. The molecule has 2 aromatic carbocycles. The second kappa shape index (κ2) is 6.30. The van der Waals surface area contributed by atoms with Crippen molar-refractivity contribution < 1.29 is 4.92 Å². The van der Waals surface area contributed by atoms with Crippen molar-refractivity contribution in [3.8, 4) is 6.07 Å². The zero-order valence-corrected chi connectivity index (χ0v) is 12.5. The van der Waals surface area contributed by atoms with E-state index >= 15 is 0 Å². The summed E-state index contributed by atoms with van der Waals surface area (Å²) in [5.41, 5.74) is 1.19. The first-order valence-corrected chi connectivity index (χ1v) is 7.19. The Kier molecular flexibility index (Phi) is 4.03. The van der Waals surface area contributed by atoms with Crippen LogP contribution in [0.1, 0.15) is 11.3 Å². The molecule has 0 aliphatic rings. The lowest BCUT2D eigenvalue weighted by Crippen LogP contribution is -2.24. The predicted octanol–water partition coefficient (Wildman–Crippen LogP) is 2.42. The van der Waals surface area contributed by atoms with Gasteiger partial charge in [0, 0.05) is 23.9 Å². The molecule has 1 aromatic heterocycles. The highest BCUT2D eigenvalue weighted by molar-refractivity contribution is 5.83. The average Bonchev–Trinajstić information content (AvgIpc) is 2.59. The van der Waals surface area contributed by atoms with Crippen molar-refractivity contribution in [3.05, 3.63) is 80.3 Å². The van der Waals surface area contributed by atoms with Gasteiger partial charge in [0.2, 0.25) is 0 Å². The summed E-state index contributed by atoms with van der Waals surface area (Å²) in [5.74, 6) is 0. The maximum Gasteiger partial charge on any atom is 0.275 e. The molecule has 0 aliphatic heterocycles. The molecule has 0 fully saturated rings. The molecule has 0 spiro atoms. The van der Waals surface area contributed by atoms with Crippen molar-refractivity contribution in [3.63, 3.8) is 0 Å². The third kappa shape index (κ3) is 2.85. The Morgan fingerprint density at radius 2 is 1.79 bits per heavy atom. The van der Waals surface area contributed by atoms with E-state index in [9.17, 15) is 14.9 Å². The minimum absolute atomic E-state index is 0.0195. The van der Waals surface area contributed by atoms with Crippen LogP contribution in [0, 0.1) is 21.4 Å². The van der Waals surface area contributed by atoms with Crippen molar-refractivity contribution in [2.75, 3.05) is 0 Å². The van der Waals surface area contributed by atoms with Gasteiger partial charge in [-0.05, 0) is 11.6 Å². The molecule has 24 heavy (non-hydrogen) atoms. The smallest absolute Gasteiger partial charge is 0.267 e. The fourth-order valence-corrected chi connectivity index (χ4v) is 2.54. The van der Waals surface area contributed by atoms with Crippen molar-refractivity contribution in [2.45, 2.75) is 13.0 Å². The number of aromatic nitrogens is 2. The summed E-state index contributed by atoms with van der Waals surface area (Å²) in [4.78, 5) is 22.6. The molecule has 0 atom stereocenters. The molecule has 7 heteroatoms. The van der Waals surface area contributed by atoms with E-state index in [1.807, 2.05) is 12.1 Å². The number of fused-ring (bicyclic) bond motifs is 1. The number of nitro benzene ring substituents is 1. The van der Waals surface area contributed by atoms with Crippen LogP contribution in [0.2, 0.25) is 0 Å². The van der Waals surface area contributed by atoms with Crippen molar-refractivity contribution >= 4 is 16.5 Å². The highest BCUT2D eigenvalue weighted by Crippen LogP contribution is 2.19. The van der Waals surface area contributed by atoms with Crippen LogP contribution >= 0.6 is 0 Å². The van der Waals surface area contributed by atoms with Crippen molar-refractivity contribution in [2.24, 2.45) is 0 Å². The van der Waals surface area contributed by atoms with Crippen LogP contribution in [0.5, 0.6) is 0 Å². The molecule has 0 radical (unpaired) electrons. The van der Waals surface area contributed by atoms with Crippen LogP contribution in [0.4, 0.5) is 5.69 Å². The number of rotatable bonds is 4. The molecule has 0 unspecified atom stereocenters. The topological polar surface area (TPSA) is 102 Å². The predicted molar refractivity (Wildman–Crippen MR) is 87.5 cm³/mol. The number of nitriles is 1. The Bertz CT molecular complexity index is 1020. The summed E-state index contributed by atoms with van der Waals surface area (Å²) in [6.07, 6.45) is 0.407. The fraction of sp³-hybridized carbons (Fsp3) is 0.118. The van der Waals surface area contributed by atoms with Crippen LogP contribution in [0.3, 0.4) is 0 Å². The number of nitrogens with zero attached hydrogens (tertiary/aromatic N) is 4. The number of benzene rings is 2. The van der Waals surface area contributed by atoms with Crippen LogP contribution in [0.15, 0.2) is 53.3 Å². The maximum atomic E-state index is 12.3. The molecule has 3 rings (SSSR count). The third-order valence-electron chi connectivity index (χ3n) is 3.68. The number of hydrogen-bond acceptors (Lipinski definition) is 5. The number of non-ortho nitro benzene ring substituents is 1. The molecule has 3 aromatic rings. The summed E-state index contributed by atoms with van der Waals surface area (Å²) in [6.45, 7) is -0.128. The van der Waals surface area contributed by atoms with E-state index in [1.54, 1.807) is 30.3 Å². The lowest BCUT2D eigenvalue weighted by atomic mass is 10.0. The molecule has 0 saturated carbocycles. The van der Waals surface area contributed by atoms with Gasteiger partial charge >= 0.3 is 0 Å². The Hall–Kier alpha value is -3.53. The van der Waals surface area contributed by atoms with Gasteiger partial charge in [-0.15, -0.1) is 0 Å². The van der Waals surface area contributed by atoms with Gasteiger partial charge < -0.3 is 0 Å². The van der Waals surface area contributed by atoms with Gasteiger partial charge in [0.05, 0.1) is 22.1 Å². The van der Waals surface area contributed by atoms with E-state index in [0.29, 0.717) is 17.5 Å². The number of nitro groups is 1. The molecular weight excluding hydrogens is 308 g/mol. The van der Waals surface area contributed by atoms with Gasteiger partial charge in [0.15, 0.2) is 0 Å². The van der Waals surface area contributed by atoms with Gasteiger partial charge in [-0.2, -0.15) is 10.4 Å². The number of hydrogen-bond donors (Lipinski definition) is 0. The lowest BCUT2D eigenvalue weighted by molar-refractivity contribution is -0.384. The van der Waals surface area contributed by atoms with E-state index in [-0.39, 0.29) is 17.8 Å². The molecular formula is C17H12N4O3. The Balaban J connectivity index is 2.08. The summed E-state index contributed by atoms with van der Waals surface area (Å²) in [7, 11) is 0.